The highest BCUT2D eigenvalue weighted by Gasteiger charge is 1.94. The molecule has 0 fully saturated rings. The summed E-state index contributed by atoms with van der Waals surface area (Å²) in [6.45, 7) is 0. The quantitative estimate of drug-likeness (QED) is 0.667. The number of rotatable bonds is 2. The molecule has 11 heavy (non-hydrogen) atoms. The van der Waals surface area contributed by atoms with Crippen molar-refractivity contribution in [2.45, 2.75) is 0 Å². The van der Waals surface area contributed by atoms with Gasteiger partial charge < -0.3 is 0 Å². The van der Waals surface area contributed by atoms with Gasteiger partial charge in [0.05, 0.1) is 0 Å². The summed E-state index contributed by atoms with van der Waals surface area (Å²) in [5.74, 6) is -0.376. The molecule has 0 bridgehead atoms. The molecular formula is C6H6FNO2S. The summed E-state index contributed by atoms with van der Waals surface area (Å²) in [6.07, 6.45) is 0. The second-order valence-electron chi connectivity index (χ2n) is 1.86. The molecule has 0 heterocycles. The lowest BCUT2D eigenvalue weighted by Gasteiger charge is -1.98. The van der Waals surface area contributed by atoms with E-state index in [2.05, 4.69) is 4.72 Å². The van der Waals surface area contributed by atoms with Crippen molar-refractivity contribution in [3.63, 3.8) is 0 Å². The average Bonchev–Trinajstić information content (AvgIpc) is 1.93. The highest BCUT2D eigenvalue weighted by molar-refractivity contribution is 7.80. The minimum absolute atomic E-state index is 0.376. The standard InChI is InChI=1S/C6H6FNO2S/c7-5-1-3-6(4-2-5)8-11(9)10/h1-4,8H,(H,9,10). The summed E-state index contributed by atoms with van der Waals surface area (Å²) in [5, 5.41) is 0. The van der Waals surface area contributed by atoms with Gasteiger partial charge in [0, 0.05) is 5.69 Å². The largest absolute Gasteiger partial charge is 0.289 e. The van der Waals surface area contributed by atoms with Crippen LogP contribution in [0, 0.1) is 5.82 Å². The number of anilines is 1. The van der Waals surface area contributed by atoms with Crippen LogP contribution in [0.5, 0.6) is 0 Å². The van der Waals surface area contributed by atoms with E-state index in [1.807, 2.05) is 0 Å². The first-order chi connectivity index (χ1) is 5.18. The van der Waals surface area contributed by atoms with Crippen molar-refractivity contribution in [2.75, 3.05) is 4.72 Å². The summed E-state index contributed by atoms with van der Waals surface area (Å²) < 4.78 is 33.0. The van der Waals surface area contributed by atoms with Crippen LogP contribution in [0.3, 0.4) is 0 Å². The third-order valence-electron chi connectivity index (χ3n) is 1.05. The zero-order chi connectivity index (χ0) is 8.27. The molecular weight excluding hydrogens is 169 g/mol. The predicted octanol–water partition coefficient (Wildman–Crippen LogP) is 1.37. The molecule has 2 N–H and O–H groups in total. The Labute approximate surface area is 65.7 Å². The molecule has 1 atom stereocenters. The minimum atomic E-state index is -2.10. The topological polar surface area (TPSA) is 49.3 Å². The van der Waals surface area contributed by atoms with E-state index in [9.17, 15) is 8.60 Å². The molecule has 1 rings (SSSR count). The molecule has 0 spiro atoms. The number of halogens is 1. The van der Waals surface area contributed by atoms with Gasteiger partial charge in [0.1, 0.15) is 5.82 Å². The van der Waals surface area contributed by atoms with Crippen LogP contribution in [0.15, 0.2) is 24.3 Å². The summed E-state index contributed by atoms with van der Waals surface area (Å²) in [7, 11) is 0. The van der Waals surface area contributed by atoms with E-state index in [0.29, 0.717) is 5.69 Å². The molecule has 0 amide bonds. The first-order valence-corrected chi connectivity index (χ1v) is 3.92. The number of hydrogen-bond donors (Lipinski definition) is 2. The van der Waals surface area contributed by atoms with E-state index in [1.165, 1.54) is 24.3 Å². The second-order valence-corrected chi connectivity index (χ2v) is 2.56. The fraction of sp³-hybridized carbons (Fsp3) is 0. The van der Waals surface area contributed by atoms with E-state index >= 15 is 0 Å². The highest BCUT2D eigenvalue weighted by atomic mass is 32.2. The van der Waals surface area contributed by atoms with Gasteiger partial charge in [-0.25, -0.2) is 8.60 Å². The van der Waals surface area contributed by atoms with Crippen LogP contribution in [0.25, 0.3) is 0 Å². The van der Waals surface area contributed by atoms with Crippen LogP contribution in [-0.2, 0) is 11.3 Å². The summed E-state index contributed by atoms with van der Waals surface area (Å²) in [4.78, 5) is 0. The number of benzene rings is 1. The average molecular weight is 175 g/mol. The van der Waals surface area contributed by atoms with E-state index in [1.54, 1.807) is 0 Å². The third kappa shape index (κ3) is 2.65. The predicted molar refractivity (Wildman–Crippen MR) is 40.8 cm³/mol. The molecule has 0 saturated heterocycles. The zero-order valence-corrected chi connectivity index (χ0v) is 6.27. The maximum absolute atomic E-state index is 12.3. The zero-order valence-electron chi connectivity index (χ0n) is 5.45. The van der Waals surface area contributed by atoms with Crippen molar-refractivity contribution in [1.29, 1.82) is 0 Å². The third-order valence-corrected chi connectivity index (χ3v) is 1.46. The molecule has 5 heteroatoms. The monoisotopic (exact) mass is 175 g/mol. The fourth-order valence-electron chi connectivity index (χ4n) is 0.619. The van der Waals surface area contributed by atoms with Gasteiger partial charge in [-0.3, -0.25) is 9.27 Å². The van der Waals surface area contributed by atoms with E-state index in [0.717, 1.165) is 0 Å². The fourth-order valence-corrected chi connectivity index (χ4v) is 0.956. The van der Waals surface area contributed by atoms with Gasteiger partial charge in [-0.2, -0.15) is 0 Å². The normalized spacial score (nSPS) is 12.5. The SMILES string of the molecule is O=S(O)Nc1ccc(F)cc1. The highest BCUT2D eigenvalue weighted by Crippen LogP contribution is 2.07. The van der Waals surface area contributed by atoms with E-state index in [-0.39, 0.29) is 5.82 Å². The Morgan fingerprint density at radius 3 is 2.36 bits per heavy atom. The van der Waals surface area contributed by atoms with Gasteiger partial charge in [0.2, 0.25) is 0 Å². The Hall–Kier alpha value is -0.940. The van der Waals surface area contributed by atoms with Gasteiger partial charge in [-0.15, -0.1) is 0 Å². The van der Waals surface area contributed by atoms with Gasteiger partial charge in [0.25, 0.3) is 11.3 Å². The maximum atomic E-state index is 12.3. The maximum Gasteiger partial charge on any atom is 0.259 e. The number of hydrogen-bond acceptors (Lipinski definition) is 1. The second kappa shape index (κ2) is 3.45. The van der Waals surface area contributed by atoms with Crippen LogP contribution in [0.1, 0.15) is 0 Å². The minimum Gasteiger partial charge on any atom is -0.289 e. The molecule has 0 aliphatic carbocycles. The summed E-state index contributed by atoms with van der Waals surface area (Å²) in [6, 6.07) is 5.16. The van der Waals surface area contributed by atoms with Crippen molar-refractivity contribution >= 4 is 17.0 Å². The van der Waals surface area contributed by atoms with Crippen molar-refractivity contribution < 1.29 is 13.2 Å². The Kier molecular flexibility index (Phi) is 2.56. The van der Waals surface area contributed by atoms with Gasteiger partial charge in [0.15, 0.2) is 0 Å². The lowest BCUT2D eigenvalue weighted by molar-refractivity contribution is 0.570. The summed E-state index contributed by atoms with van der Waals surface area (Å²) in [5.41, 5.74) is 0.409. The van der Waals surface area contributed by atoms with Gasteiger partial charge in [-0.1, -0.05) is 0 Å². The molecule has 1 aromatic rings. The number of nitrogens with one attached hydrogen (secondary N) is 1. The molecule has 0 aromatic heterocycles. The lowest BCUT2D eigenvalue weighted by Crippen LogP contribution is -2.01. The molecule has 0 saturated carbocycles. The van der Waals surface area contributed by atoms with E-state index < -0.39 is 11.3 Å². The van der Waals surface area contributed by atoms with Crippen molar-refractivity contribution in [1.82, 2.24) is 0 Å². The van der Waals surface area contributed by atoms with Crippen molar-refractivity contribution in [3.05, 3.63) is 30.1 Å². The lowest BCUT2D eigenvalue weighted by atomic mass is 10.3. The molecule has 0 radical (unpaired) electrons. The van der Waals surface area contributed by atoms with E-state index in [4.69, 9.17) is 4.55 Å². The van der Waals surface area contributed by atoms with Crippen molar-refractivity contribution in [2.24, 2.45) is 0 Å². The van der Waals surface area contributed by atoms with Crippen molar-refractivity contribution in [3.8, 4) is 0 Å². The van der Waals surface area contributed by atoms with Crippen LogP contribution < -0.4 is 4.72 Å². The Morgan fingerprint density at radius 2 is 1.91 bits per heavy atom. The van der Waals surface area contributed by atoms with Crippen LogP contribution >= 0.6 is 0 Å². The van der Waals surface area contributed by atoms with Crippen LogP contribution in [0.4, 0.5) is 10.1 Å². The van der Waals surface area contributed by atoms with Crippen LogP contribution in [0.2, 0.25) is 0 Å². The molecule has 1 aromatic carbocycles. The molecule has 1 unspecified atom stereocenters. The smallest absolute Gasteiger partial charge is 0.259 e. The first-order valence-electron chi connectivity index (χ1n) is 2.81. The molecule has 0 aliphatic heterocycles. The first kappa shape index (κ1) is 8.16. The summed E-state index contributed by atoms with van der Waals surface area (Å²) >= 11 is -2.10. The molecule has 0 aliphatic rings. The van der Waals surface area contributed by atoms with Crippen LogP contribution in [-0.4, -0.2) is 8.76 Å². The molecule has 60 valence electrons. The Balaban J connectivity index is 2.74. The molecule has 3 nitrogen and oxygen atoms in total. The Bertz CT molecular complexity index is 262. The van der Waals surface area contributed by atoms with Gasteiger partial charge >= 0.3 is 0 Å². The Morgan fingerprint density at radius 1 is 1.36 bits per heavy atom. The van der Waals surface area contributed by atoms with Gasteiger partial charge in [-0.05, 0) is 24.3 Å².